The van der Waals surface area contributed by atoms with Crippen molar-refractivity contribution in [1.29, 1.82) is 0 Å². The van der Waals surface area contributed by atoms with E-state index in [2.05, 4.69) is 16.8 Å². The van der Waals surface area contributed by atoms with Gasteiger partial charge in [0, 0.05) is 18.3 Å². The lowest BCUT2D eigenvalue weighted by molar-refractivity contribution is 0.251. The molecule has 2 aliphatic heterocycles. The van der Waals surface area contributed by atoms with E-state index < -0.39 is 10.0 Å². The maximum atomic E-state index is 14.9. The third kappa shape index (κ3) is 3.41. The van der Waals surface area contributed by atoms with Crippen LogP contribution in [0.2, 0.25) is 0 Å². The van der Waals surface area contributed by atoms with Crippen LogP contribution in [0.3, 0.4) is 0 Å². The number of fused-ring (bicyclic) bond motifs is 1. The van der Waals surface area contributed by atoms with Crippen molar-refractivity contribution in [3.63, 3.8) is 0 Å². The molecule has 4 rings (SSSR count). The van der Waals surface area contributed by atoms with Crippen LogP contribution in [0.5, 0.6) is 0 Å². The highest BCUT2D eigenvalue weighted by Crippen LogP contribution is 2.37. The van der Waals surface area contributed by atoms with Gasteiger partial charge in [-0.05, 0) is 69.2 Å². The lowest BCUT2D eigenvalue weighted by Crippen LogP contribution is -2.43. The predicted molar refractivity (Wildman–Crippen MR) is 105 cm³/mol. The van der Waals surface area contributed by atoms with Crippen LogP contribution in [-0.4, -0.2) is 46.0 Å². The summed E-state index contributed by atoms with van der Waals surface area (Å²) in [4.78, 5) is 4.59. The molecule has 2 heterocycles. The van der Waals surface area contributed by atoms with E-state index in [0.29, 0.717) is 6.04 Å². The fourth-order valence-electron chi connectivity index (χ4n) is 4.01. The minimum Gasteiger partial charge on any atom is -0.368 e. The molecule has 2 aromatic carbocycles. The molecule has 0 bridgehead atoms. The van der Waals surface area contributed by atoms with Crippen molar-refractivity contribution in [2.45, 2.75) is 30.2 Å². The van der Waals surface area contributed by atoms with Crippen LogP contribution in [0.25, 0.3) is 0 Å². The number of sulfonamides is 1. The Balaban J connectivity index is 1.62. The zero-order chi connectivity index (χ0) is 19.0. The highest BCUT2D eigenvalue weighted by Gasteiger charge is 2.31. The Morgan fingerprint density at radius 3 is 2.44 bits per heavy atom. The van der Waals surface area contributed by atoms with E-state index in [9.17, 15) is 12.9 Å². The van der Waals surface area contributed by atoms with Gasteiger partial charge in [-0.15, -0.1) is 0 Å². The van der Waals surface area contributed by atoms with Gasteiger partial charge >= 0.3 is 0 Å². The van der Waals surface area contributed by atoms with Gasteiger partial charge in [-0.2, -0.15) is 8.42 Å². The van der Waals surface area contributed by atoms with Crippen LogP contribution < -0.4 is 9.43 Å². The maximum absolute atomic E-state index is 14.9. The Morgan fingerprint density at radius 2 is 1.74 bits per heavy atom. The normalized spacial score (nSPS) is 18.5. The van der Waals surface area contributed by atoms with Crippen molar-refractivity contribution in [3.05, 3.63) is 54.1 Å². The summed E-state index contributed by atoms with van der Waals surface area (Å²) in [6.45, 7) is 3.01. The molecular formula is C20H24FN3O2S. The van der Waals surface area contributed by atoms with Crippen molar-refractivity contribution in [2.24, 2.45) is 0 Å². The molecule has 27 heavy (non-hydrogen) atoms. The number of hydrogen-bond acceptors (Lipinski definition) is 4. The highest BCUT2D eigenvalue weighted by molar-refractivity contribution is 7.92. The van der Waals surface area contributed by atoms with Crippen molar-refractivity contribution in [3.8, 4) is 0 Å². The second-order valence-electron chi connectivity index (χ2n) is 7.32. The molecule has 2 aromatic rings. The Labute approximate surface area is 160 Å². The summed E-state index contributed by atoms with van der Waals surface area (Å²) >= 11 is 0. The zero-order valence-corrected chi connectivity index (χ0v) is 16.2. The number of piperidine rings is 1. The fourth-order valence-corrected chi connectivity index (χ4v) is 5.09. The molecule has 0 atom stereocenters. The quantitative estimate of drug-likeness (QED) is 0.753. The Bertz CT molecular complexity index is 912. The van der Waals surface area contributed by atoms with Gasteiger partial charge in [0.15, 0.2) is 0 Å². The topological polar surface area (TPSA) is 43.9 Å². The molecule has 0 spiro atoms. The highest BCUT2D eigenvalue weighted by atomic mass is 32.2. The number of nitrogens with zero attached hydrogens (tertiary/aromatic N) is 3. The smallest absolute Gasteiger partial charge is 0.290 e. The largest absolute Gasteiger partial charge is 0.368 e. The monoisotopic (exact) mass is 389 g/mol. The van der Waals surface area contributed by atoms with Gasteiger partial charge in [0.05, 0.1) is 10.6 Å². The summed E-state index contributed by atoms with van der Waals surface area (Å²) < 4.78 is 40.0. The molecule has 0 aliphatic carbocycles. The van der Waals surface area contributed by atoms with Crippen LogP contribution in [0, 0.1) is 0 Å². The molecule has 1 saturated heterocycles. The van der Waals surface area contributed by atoms with Gasteiger partial charge in [0.1, 0.15) is 0 Å². The van der Waals surface area contributed by atoms with E-state index in [1.165, 1.54) is 12.1 Å². The molecule has 1 fully saturated rings. The lowest BCUT2D eigenvalue weighted by Gasteiger charge is -2.36. The first-order valence-corrected chi connectivity index (χ1v) is 10.7. The van der Waals surface area contributed by atoms with Crippen molar-refractivity contribution < 1.29 is 12.9 Å². The Kier molecular flexibility index (Phi) is 4.82. The van der Waals surface area contributed by atoms with Gasteiger partial charge in [-0.25, -0.2) is 0 Å². The molecule has 0 saturated carbocycles. The molecule has 0 aromatic heterocycles. The van der Waals surface area contributed by atoms with E-state index in [4.69, 9.17) is 0 Å². The lowest BCUT2D eigenvalue weighted by atomic mass is 10.0. The summed E-state index contributed by atoms with van der Waals surface area (Å²) in [5, 5.41) is 0. The third-order valence-corrected chi connectivity index (χ3v) is 7.09. The summed E-state index contributed by atoms with van der Waals surface area (Å²) in [5.74, 6) is 0. The van der Waals surface area contributed by atoms with E-state index in [1.807, 2.05) is 6.07 Å². The van der Waals surface area contributed by atoms with Crippen molar-refractivity contribution in [2.75, 3.05) is 36.1 Å². The summed E-state index contributed by atoms with van der Waals surface area (Å²) in [6, 6.07) is 13.2. The fraction of sp³-hybridized carbons (Fsp3) is 0.400. The average Bonchev–Trinajstić information content (AvgIpc) is 3.12. The van der Waals surface area contributed by atoms with Crippen LogP contribution >= 0.6 is 0 Å². The van der Waals surface area contributed by atoms with Gasteiger partial charge < -0.3 is 9.80 Å². The van der Waals surface area contributed by atoms with Crippen LogP contribution in [0.15, 0.2) is 53.4 Å². The third-order valence-electron chi connectivity index (χ3n) is 5.58. The standard InChI is InChI=1S/C20H24FN3O2S/c1-22-12-10-17(11-13-22)23-14-9-16-7-8-18(15-20(16)23)24(21)27(25,26)19-5-3-2-4-6-19/h2-8,15,17H,9-14H2,1H3. The maximum Gasteiger partial charge on any atom is 0.290 e. The van der Waals surface area contributed by atoms with Crippen molar-refractivity contribution in [1.82, 2.24) is 4.90 Å². The van der Waals surface area contributed by atoms with E-state index >= 15 is 0 Å². The Morgan fingerprint density at radius 1 is 1.04 bits per heavy atom. The first kappa shape index (κ1) is 18.3. The summed E-state index contributed by atoms with van der Waals surface area (Å²) in [7, 11) is -2.09. The molecule has 0 amide bonds. The van der Waals surface area contributed by atoms with Gasteiger partial charge in [0.25, 0.3) is 10.0 Å². The zero-order valence-electron chi connectivity index (χ0n) is 15.4. The number of rotatable bonds is 4. The number of halogens is 1. The SMILES string of the molecule is CN1CCC(N2CCc3ccc(N(F)S(=O)(=O)c4ccccc4)cc32)CC1. The van der Waals surface area contributed by atoms with Gasteiger partial charge in [0.2, 0.25) is 0 Å². The predicted octanol–water partition coefficient (Wildman–Crippen LogP) is 3.22. The minimum atomic E-state index is -4.22. The molecule has 2 aliphatic rings. The van der Waals surface area contributed by atoms with Crippen LogP contribution in [0.1, 0.15) is 18.4 Å². The van der Waals surface area contributed by atoms with Crippen LogP contribution in [0.4, 0.5) is 15.9 Å². The second kappa shape index (κ2) is 7.13. The number of benzene rings is 2. The summed E-state index contributed by atoms with van der Waals surface area (Å²) in [6.07, 6.45) is 3.06. The van der Waals surface area contributed by atoms with Crippen LogP contribution in [-0.2, 0) is 16.4 Å². The molecule has 5 nitrogen and oxygen atoms in total. The van der Waals surface area contributed by atoms with Gasteiger partial charge in [-0.1, -0.05) is 33.3 Å². The number of likely N-dealkylation sites (tertiary alicyclic amines) is 1. The first-order valence-electron chi connectivity index (χ1n) is 9.31. The molecule has 7 heteroatoms. The number of hydrogen-bond donors (Lipinski definition) is 0. The first-order chi connectivity index (χ1) is 13.0. The van der Waals surface area contributed by atoms with E-state index in [-0.39, 0.29) is 15.1 Å². The molecule has 0 unspecified atom stereocenters. The molecule has 144 valence electrons. The molecular weight excluding hydrogens is 365 g/mol. The summed E-state index contributed by atoms with van der Waals surface area (Å²) in [5.41, 5.74) is 2.17. The molecule has 0 radical (unpaired) electrons. The number of anilines is 2. The van der Waals surface area contributed by atoms with E-state index in [0.717, 1.165) is 50.1 Å². The van der Waals surface area contributed by atoms with Crippen molar-refractivity contribution >= 4 is 21.4 Å². The van der Waals surface area contributed by atoms with Gasteiger partial charge in [-0.3, -0.25) is 0 Å². The average molecular weight is 389 g/mol. The Hall–Kier alpha value is -2.12. The second-order valence-corrected chi connectivity index (χ2v) is 9.07. The molecule has 0 N–H and O–H groups in total. The van der Waals surface area contributed by atoms with E-state index in [1.54, 1.807) is 30.3 Å². The minimum absolute atomic E-state index is 0.0532.